The van der Waals surface area contributed by atoms with Crippen molar-refractivity contribution in [2.45, 2.75) is 38.9 Å². The van der Waals surface area contributed by atoms with Crippen molar-refractivity contribution in [3.05, 3.63) is 18.2 Å². The van der Waals surface area contributed by atoms with Gasteiger partial charge in [-0.2, -0.15) is 0 Å². The van der Waals surface area contributed by atoms with E-state index in [1.54, 1.807) is 0 Å². The van der Waals surface area contributed by atoms with Crippen molar-refractivity contribution in [2.24, 2.45) is 0 Å². The smallest absolute Gasteiger partial charge is 0.399 e. The lowest BCUT2D eigenvalue weighted by Gasteiger charge is -2.32. The molecule has 1 aromatic heterocycles. The van der Waals surface area contributed by atoms with Crippen LogP contribution in [0.5, 0.6) is 0 Å². The third kappa shape index (κ3) is 1.75. The molecule has 1 aromatic carbocycles. The molecule has 1 fully saturated rings. The first-order valence-corrected chi connectivity index (χ1v) is 6.31. The zero-order valence-electron chi connectivity index (χ0n) is 11.6. The number of hydrogen-bond acceptors (Lipinski definition) is 5. The van der Waals surface area contributed by atoms with Gasteiger partial charge in [0.25, 0.3) is 0 Å². The molecule has 100 valence electrons. The Balaban J connectivity index is 2.10. The summed E-state index contributed by atoms with van der Waals surface area (Å²) in [6.45, 7) is 8.07. The van der Waals surface area contributed by atoms with E-state index in [1.807, 2.05) is 45.9 Å². The molecule has 1 saturated heterocycles. The number of nitrogen functional groups attached to an aromatic ring is 1. The number of rotatable bonds is 1. The number of hydrogen-bond donors (Lipinski definition) is 1. The molecule has 0 spiro atoms. The molecule has 0 aliphatic carbocycles. The van der Waals surface area contributed by atoms with Crippen LogP contribution in [0.4, 0.5) is 5.82 Å². The second kappa shape index (κ2) is 3.74. The van der Waals surface area contributed by atoms with Gasteiger partial charge in [0, 0.05) is 0 Å². The van der Waals surface area contributed by atoms with Gasteiger partial charge in [-0.1, -0.05) is 17.3 Å². The maximum Gasteiger partial charge on any atom is 0.495 e. The second-order valence-corrected chi connectivity index (χ2v) is 5.88. The van der Waals surface area contributed by atoms with Crippen LogP contribution in [0.2, 0.25) is 0 Å². The summed E-state index contributed by atoms with van der Waals surface area (Å²) in [4.78, 5) is 0. The SMILES string of the molecule is CC1(C)OB(c2cccc3onc(N)c23)OC1(C)C. The van der Waals surface area contributed by atoms with E-state index >= 15 is 0 Å². The largest absolute Gasteiger partial charge is 0.495 e. The van der Waals surface area contributed by atoms with Crippen LogP contribution in [-0.2, 0) is 9.31 Å². The van der Waals surface area contributed by atoms with Gasteiger partial charge < -0.3 is 19.6 Å². The molecule has 2 aromatic rings. The number of anilines is 1. The van der Waals surface area contributed by atoms with Gasteiger partial charge in [0.05, 0.1) is 16.6 Å². The van der Waals surface area contributed by atoms with Crippen molar-refractivity contribution >= 4 is 29.4 Å². The zero-order chi connectivity index (χ0) is 13.8. The van der Waals surface area contributed by atoms with E-state index in [1.165, 1.54) is 0 Å². The molecular formula is C13H17BN2O3. The van der Waals surface area contributed by atoms with Crippen molar-refractivity contribution < 1.29 is 13.8 Å². The van der Waals surface area contributed by atoms with Crippen LogP contribution in [0, 0.1) is 0 Å². The van der Waals surface area contributed by atoms with Crippen molar-refractivity contribution in [3.63, 3.8) is 0 Å². The average Bonchev–Trinajstić information content (AvgIpc) is 2.78. The quantitative estimate of drug-likeness (QED) is 0.790. The monoisotopic (exact) mass is 260 g/mol. The van der Waals surface area contributed by atoms with E-state index in [9.17, 15) is 0 Å². The van der Waals surface area contributed by atoms with Gasteiger partial charge in [-0.25, -0.2) is 0 Å². The minimum Gasteiger partial charge on any atom is -0.399 e. The molecule has 0 bridgehead atoms. The summed E-state index contributed by atoms with van der Waals surface area (Å²) in [5.74, 6) is 0.361. The van der Waals surface area contributed by atoms with Crippen LogP contribution in [0.25, 0.3) is 11.0 Å². The fraction of sp³-hybridized carbons (Fsp3) is 0.462. The third-order valence-electron chi connectivity index (χ3n) is 4.06. The van der Waals surface area contributed by atoms with E-state index < -0.39 is 7.12 Å². The highest BCUT2D eigenvalue weighted by molar-refractivity contribution is 6.65. The minimum atomic E-state index is -0.463. The first-order chi connectivity index (χ1) is 8.82. The molecule has 0 saturated carbocycles. The van der Waals surface area contributed by atoms with Crippen LogP contribution >= 0.6 is 0 Å². The Kier molecular flexibility index (Phi) is 2.46. The molecule has 19 heavy (non-hydrogen) atoms. The van der Waals surface area contributed by atoms with E-state index in [2.05, 4.69) is 5.16 Å². The zero-order valence-corrected chi connectivity index (χ0v) is 11.6. The molecule has 3 rings (SSSR count). The first-order valence-electron chi connectivity index (χ1n) is 6.31. The molecule has 6 heteroatoms. The Morgan fingerprint density at radius 2 is 1.74 bits per heavy atom. The van der Waals surface area contributed by atoms with Crippen LogP contribution in [-0.4, -0.2) is 23.5 Å². The normalized spacial score (nSPS) is 21.2. The summed E-state index contributed by atoms with van der Waals surface area (Å²) < 4.78 is 17.2. The molecule has 0 unspecified atom stereocenters. The summed E-state index contributed by atoms with van der Waals surface area (Å²) in [6, 6.07) is 5.64. The van der Waals surface area contributed by atoms with Gasteiger partial charge in [0.2, 0.25) is 0 Å². The predicted octanol–water partition coefficient (Wildman–Crippen LogP) is 1.71. The average molecular weight is 260 g/mol. The lowest BCUT2D eigenvalue weighted by atomic mass is 9.77. The van der Waals surface area contributed by atoms with Gasteiger partial charge in [0.1, 0.15) is 0 Å². The van der Waals surface area contributed by atoms with Crippen molar-refractivity contribution in [2.75, 3.05) is 5.73 Å². The summed E-state index contributed by atoms with van der Waals surface area (Å²) >= 11 is 0. The second-order valence-electron chi connectivity index (χ2n) is 5.88. The molecule has 1 aliphatic rings. The highest BCUT2D eigenvalue weighted by atomic mass is 16.7. The topological polar surface area (TPSA) is 70.5 Å². The fourth-order valence-electron chi connectivity index (χ4n) is 2.21. The maximum atomic E-state index is 6.04. The van der Waals surface area contributed by atoms with Gasteiger partial charge in [-0.05, 0) is 39.2 Å². The van der Waals surface area contributed by atoms with Crippen LogP contribution < -0.4 is 11.2 Å². The van der Waals surface area contributed by atoms with Crippen LogP contribution in [0.15, 0.2) is 22.7 Å². The summed E-state index contributed by atoms with van der Waals surface area (Å²) in [6.07, 6.45) is 0. The lowest BCUT2D eigenvalue weighted by molar-refractivity contribution is 0.00578. The van der Waals surface area contributed by atoms with Crippen molar-refractivity contribution in [1.29, 1.82) is 0 Å². The molecule has 0 radical (unpaired) electrons. The number of fused-ring (bicyclic) bond motifs is 1. The lowest BCUT2D eigenvalue weighted by Crippen LogP contribution is -2.41. The van der Waals surface area contributed by atoms with Gasteiger partial charge in [-0.15, -0.1) is 0 Å². The number of benzene rings is 1. The van der Waals surface area contributed by atoms with Crippen LogP contribution in [0.3, 0.4) is 0 Å². The maximum absolute atomic E-state index is 6.04. The van der Waals surface area contributed by atoms with Gasteiger partial charge >= 0.3 is 7.12 Å². The van der Waals surface area contributed by atoms with Crippen molar-refractivity contribution in [1.82, 2.24) is 5.16 Å². The standard InChI is InChI=1S/C13H17BN2O3/c1-12(2)13(3,4)19-14(18-12)8-6-5-7-9-10(8)11(15)16-17-9/h5-7H,1-4H3,(H2,15,16). The molecule has 1 aliphatic heterocycles. The first kappa shape index (κ1) is 12.5. The highest BCUT2D eigenvalue weighted by Gasteiger charge is 2.52. The Morgan fingerprint density at radius 3 is 2.37 bits per heavy atom. The predicted molar refractivity (Wildman–Crippen MR) is 74.1 cm³/mol. The third-order valence-corrected chi connectivity index (χ3v) is 4.06. The van der Waals surface area contributed by atoms with Crippen LogP contribution in [0.1, 0.15) is 27.7 Å². The Bertz CT molecular complexity index is 620. The summed E-state index contributed by atoms with van der Waals surface area (Å²) in [5, 5.41) is 4.56. The summed E-state index contributed by atoms with van der Waals surface area (Å²) in [5.41, 5.74) is 6.60. The minimum absolute atomic E-state index is 0.361. The number of nitrogens with zero attached hydrogens (tertiary/aromatic N) is 1. The Morgan fingerprint density at radius 1 is 1.11 bits per heavy atom. The van der Waals surface area contributed by atoms with Gasteiger partial charge in [-0.3, -0.25) is 0 Å². The van der Waals surface area contributed by atoms with E-state index in [0.717, 1.165) is 10.8 Å². The van der Waals surface area contributed by atoms with E-state index in [-0.39, 0.29) is 11.2 Å². The fourth-order valence-corrected chi connectivity index (χ4v) is 2.21. The van der Waals surface area contributed by atoms with Gasteiger partial charge in [0.15, 0.2) is 11.4 Å². The summed E-state index contributed by atoms with van der Waals surface area (Å²) in [7, 11) is -0.463. The Hall–Kier alpha value is -1.53. The number of aromatic nitrogens is 1. The van der Waals surface area contributed by atoms with Crippen molar-refractivity contribution in [3.8, 4) is 0 Å². The molecule has 2 heterocycles. The molecule has 5 nitrogen and oxygen atoms in total. The molecule has 0 atom stereocenters. The molecular weight excluding hydrogens is 243 g/mol. The Labute approximate surface area is 112 Å². The highest BCUT2D eigenvalue weighted by Crippen LogP contribution is 2.37. The molecule has 2 N–H and O–H groups in total. The van der Waals surface area contributed by atoms with E-state index in [4.69, 9.17) is 19.6 Å². The van der Waals surface area contributed by atoms with E-state index in [0.29, 0.717) is 11.4 Å². The number of nitrogens with two attached hydrogens (primary N) is 1. The molecule has 0 amide bonds.